The molecule has 2 aromatic rings. The van der Waals surface area contributed by atoms with Gasteiger partial charge in [0.2, 0.25) is 0 Å². The minimum Gasteiger partial charge on any atom is -0.507 e. The van der Waals surface area contributed by atoms with Crippen LogP contribution in [0.2, 0.25) is 0 Å². The molecule has 0 aliphatic rings. The first-order valence-corrected chi connectivity index (χ1v) is 8.74. The van der Waals surface area contributed by atoms with Crippen LogP contribution in [0.1, 0.15) is 58.6 Å². The molecule has 0 heterocycles. The topological polar surface area (TPSA) is 40.5 Å². The monoisotopic (exact) mass is 326 g/mol. The molecule has 2 N–H and O–H groups in total. The Kier molecular flexibility index (Phi) is 5.27. The summed E-state index contributed by atoms with van der Waals surface area (Å²) in [4.78, 5) is 0. The quantitative estimate of drug-likeness (QED) is 0.506. The van der Waals surface area contributed by atoms with Crippen LogP contribution < -0.4 is 0 Å². The maximum atomic E-state index is 10.9. The van der Waals surface area contributed by atoms with E-state index in [1.54, 1.807) is 0 Å². The van der Waals surface area contributed by atoms with Crippen molar-refractivity contribution < 1.29 is 10.2 Å². The minimum atomic E-state index is -0.256. The SMILES string of the molecule is C/C(=C\CC(C)(C)c1c(C)c(O)c2ccccc2c1O)CC(C)C. The van der Waals surface area contributed by atoms with Crippen molar-refractivity contribution in [3.8, 4) is 11.5 Å². The lowest BCUT2D eigenvalue weighted by molar-refractivity contribution is 0.429. The first-order valence-electron chi connectivity index (χ1n) is 8.74. The second-order valence-corrected chi connectivity index (χ2v) is 7.98. The molecule has 0 aromatic heterocycles. The summed E-state index contributed by atoms with van der Waals surface area (Å²) < 4.78 is 0. The third-order valence-corrected chi connectivity index (χ3v) is 4.77. The largest absolute Gasteiger partial charge is 0.507 e. The van der Waals surface area contributed by atoms with Crippen molar-refractivity contribution in [2.75, 3.05) is 0 Å². The number of allylic oxidation sites excluding steroid dienone is 2. The van der Waals surface area contributed by atoms with Crippen LogP contribution in [0.3, 0.4) is 0 Å². The van der Waals surface area contributed by atoms with Gasteiger partial charge in [-0.2, -0.15) is 0 Å². The molecule has 0 radical (unpaired) electrons. The van der Waals surface area contributed by atoms with Gasteiger partial charge in [-0.15, -0.1) is 0 Å². The van der Waals surface area contributed by atoms with Gasteiger partial charge in [0.1, 0.15) is 11.5 Å². The molecular weight excluding hydrogens is 296 g/mol. The zero-order chi connectivity index (χ0) is 18.1. The number of hydrogen-bond donors (Lipinski definition) is 2. The molecule has 0 spiro atoms. The minimum absolute atomic E-state index is 0.256. The average Bonchev–Trinajstić information content (AvgIpc) is 2.50. The van der Waals surface area contributed by atoms with Gasteiger partial charge in [-0.1, -0.05) is 63.6 Å². The third-order valence-electron chi connectivity index (χ3n) is 4.77. The van der Waals surface area contributed by atoms with Crippen LogP contribution in [0.5, 0.6) is 11.5 Å². The highest BCUT2D eigenvalue weighted by molar-refractivity contribution is 5.95. The molecule has 0 aliphatic heterocycles. The van der Waals surface area contributed by atoms with E-state index in [0.29, 0.717) is 22.4 Å². The summed E-state index contributed by atoms with van der Waals surface area (Å²) in [6.45, 7) is 12.8. The molecule has 2 rings (SSSR count). The Labute approximate surface area is 145 Å². The predicted octanol–water partition coefficient (Wildman–Crippen LogP) is 6.22. The van der Waals surface area contributed by atoms with Crippen molar-refractivity contribution in [1.29, 1.82) is 0 Å². The maximum Gasteiger partial charge on any atom is 0.127 e. The fraction of sp³-hybridized carbons (Fsp3) is 0.455. The van der Waals surface area contributed by atoms with E-state index in [-0.39, 0.29) is 11.2 Å². The zero-order valence-electron chi connectivity index (χ0n) is 15.8. The number of aromatic hydroxyl groups is 2. The molecule has 2 aromatic carbocycles. The van der Waals surface area contributed by atoms with Gasteiger partial charge in [0.15, 0.2) is 0 Å². The van der Waals surface area contributed by atoms with Crippen LogP contribution in [0.25, 0.3) is 10.8 Å². The second kappa shape index (κ2) is 6.88. The van der Waals surface area contributed by atoms with Gasteiger partial charge in [-0.25, -0.2) is 0 Å². The Morgan fingerprint density at radius 2 is 1.62 bits per heavy atom. The summed E-state index contributed by atoms with van der Waals surface area (Å²) in [5, 5.41) is 22.9. The van der Waals surface area contributed by atoms with Crippen molar-refractivity contribution in [3.63, 3.8) is 0 Å². The molecule has 2 heteroatoms. The zero-order valence-corrected chi connectivity index (χ0v) is 15.8. The number of fused-ring (bicyclic) bond motifs is 1. The Balaban J connectivity index is 2.50. The van der Waals surface area contributed by atoms with Crippen LogP contribution in [0, 0.1) is 12.8 Å². The molecule has 0 saturated heterocycles. The summed E-state index contributed by atoms with van der Waals surface area (Å²) in [5.41, 5.74) is 2.73. The molecule has 0 saturated carbocycles. The molecule has 130 valence electrons. The number of phenols is 2. The maximum absolute atomic E-state index is 10.9. The lowest BCUT2D eigenvalue weighted by Crippen LogP contribution is -2.18. The van der Waals surface area contributed by atoms with Crippen molar-refractivity contribution in [1.82, 2.24) is 0 Å². The van der Waals surface area contributed by atoms with Gasteiger partial charge in [0.05, 0.1) is 0 Å². The summed E-state index contributed by atoms with van der Waals surface area (Å²) in [6.07, 6.45) is 4.19. The predicted molar refractivity (Wildman–Crippen MR) is 103 cm³/mol. The summed E-state index contributed by atoms with van der Waals surface area (Å²) >= 11 is 0. The summed E-state index contributed by atoms with van der Waals surface area (Å²) in [5.74, 6) is 1.21. The Morgan fingerprint density at radius 3 is 2.17 bits per heavy atom. The molecule has 0 amide bonds. The van der Waals surface area contributed by atoms with Crippen molar-refractivity contribution in [2.45, 2.75) is 59.8 Å². The fourth-order valence-corrected chi connectivity index (χ4v) is 3.62. The highest BCUT2D eigenvalue weighted by atomic mass is 16.3. The van der Waals surface area contributed by atoms with E-state index < -0.39 is 0 Å². The van der Waals surface area contributed by atoms with Gasteiger partial charge in [-0.05, 0) is 43.6 Å². The highest BCUT2D eigenvalue weighted by Gasteiger charge is 2.28. The molecule has 0 bridgehead atoms. The second-order valence-electron chi connectivity index (χ2n) is 7.98. The lowest BCUT2D eigenvalue weighted by atomic mass is 9.76. The van der Waals surface area contributed by atoms with Crippen LogP contribution >= 0.6 is 0 Å². The summed E-state index contributed by atoms with van der Waals surface area (Å²) in [7, 11) is 0. The van der Waals surface area contributed by atoms with Gasteiger partial charge < -0.3 is 10.2 Å². The number of benzene rings is 2. The van der Waals surface area contributed by atoms with Crippen LogP contribution in [-0.4, -0.2) is 10.2 Å². The van der Waals surface area contributed by atoms with Gasteiger partial charge >= 0.3 is 0 Å². The number of phenolic OH excluding ortho intramolecular Hbond substituents is 2. The Hall–Kier alpha value is -1.96. The van der Waals surface area contributed by atoms with Crippen molar-refractivity contribution in [2.24, 2.45) is 5.92 Å². The fourth-order valence-electron chi connectivity index (χ4n) is 3.62. The smallest absolute Gasteiger partial charge is 0.127 e. The summed E-state index contributed by atoms with van der Waals surface area (Å²) in [6, 6.07) is 7.48. The number of rotatable bonds is 5. The van der Waals surface area contributed by atoms with E-state index in [0.717, 1.165) is 24.0 Å². The van der Waals surface area contributed by atoms with Gasteiger partial charge in [0.25, 0.3) is 0 Å². The Bertz CT molecular complexity index is 767. The Morgan fingerprint density at radius 1 is 1.08 bits per heavy atom. The molecule has 0 fully saturated rings. The van der Waals surface area contributed by atoms with Gasteiger partial charge in [0, 0.05) is 16.3 Å². The van der Waals surface area contributed by atoms with E-state index >= 15 is 0 Å². The molecule has 2 nitrogen and oxygen atoms in total. The van der Waals surface area contributed by atoms with E-state index in [2.05, 4.69) is 40.7 Å². The first kappa shape index (κ1) is 18.4. The highest BCUT2D eigenvalue weighted by Crippen LogP contribution is 2.45. The molecule has 24 heavy (non-hydrogen) atoms. The normalized spacial score (nSPS) is 13.0. The molecular formula is C22H30O2. The van der Waals surface area contributed by atoms with Crippen LogP contribution in [-0.2, 0) is 5.41 Å². The third kappa shape index (κ3) is 3.58. The van der Waals surface area contributed by atoms with Crippen LogP contribution in [0.4, 0.5) is 0 Å². The van der Waals surface area contributed by atoms with Crippen molar-refractivity contribution >= 4 is 10.8 Å². The van der Waals surface area contributed by atoms with E-state index in [4.69, 9.17) is 0 Å². The van der Waals surface area contributed by atoms with Crippen molar-refractivity contribution in [3.05, 3.63) is 47.0 Å². The lowest BCUT2D eigenvalue weighted by Gasteiger charge is -2.28. The van der Waals surface area contributed by atoms with Gasteiger partial charge in [-0.3, -0.25) is 0 Å². The molecule has 0 unspecified atom stereocenters. The molecule has 0 atom stereocenters. The van der Waals surface area contributed by atoms with Crippen LogP contribution in [0.15, 0.2) is 35.9 Å². The average molecular weight is 326 g/mol. The number of hydrogen-bond acceptors (Lipinski definition) is 2. The van der Waals surface area contributed by atoms with E-state index in [1.807, 2.05) is 31.2 Å². The van der Waals surface area contributed by atoms with E-state index in [9.17, 15) is 10.2 Å². The first-order chi connectivity index (χ1) is 11.1. The molecule has 0 aliphatic carbocycles. The van der Waals surface area contributed by atoms with E-state index in [1.165, 1.54) is 5.57 Å². The standard InChI is InChI=1S/C22H30O2/c1-14(2)13-15(3)11-12-22(5,6)19-16(4)20(23)17-9-7-8-10-18(17)21(19)24/h7-11,14,23-24H,12-13H2,1-6H3/b15-11+.